The van der Waals surface area contributed by atoms with Crippen LogP contribution in [0.2, 0.25) is 0 Å². The number of likely N-dealkylation sites (tertiary alicyclic amines) is 1. The predicted molar refractivity (Wildman–Crippen MR) is 117 cm³/mol. The Balaban J connectivity index is 1.60. The summed E-state index contributed by atoms with van der Waals surface area (Å²) in [5.41, 5.74) is 3.29. The van der Waals surface area contributed by atoms with Crippen molar-refractivity contribution in [3.63, 3.8) is 0 Å². The summed E-state index contributed by atoms with van der Waals surface area (Å²) in [7, 11) is -3.27. The number of nitrogens with one attached hydrogen (secondary N) is 1. The molecule has 1 saturated heterocycles. The number of aryl methyl sites for hydroxylation is 1. The highest BCUT2D eigenvalue weighted by Crippen LogP contribution is 2.31. The van der Waals surface area contributed by atoms with Crippen molar-refractivity contribution in [3.05, 3.63) is 63.2 Å². The zero-order valence-corrected chi connectivity index (χ0v) is 18.7. The number of benzene rings is 1. The van der Waals surface area contributed by atoms with Crippen LogP contribution in [-0.2, 0) is 21.1 Å². The molecule has 3 heterocycles. The third kappa shape index (κ3) is 4.14. The molecule has 2 aromatic heterocycles. The van der Waals surface area contributed by atoms with Crippen LogP contribution >= 0.6 is 0 Å². The summed E-state index contributed by atoms with van der Waals surface area (Å²) in [4.78, 5) is 32.3. The average molecular weight is 443 g/mol. The van der Waals surface area contributed by atoms with Gasteiger partial charge in [-0.2, -0.15) is 0 Å². The van der Waals surface area contributed by atoms with Crippen molar-refractivity contribution >= 4 is 21.4 Å². The molecule has 31 heavy (non-hydrogen) atoms. The molecule has 9 heteroatoms. The predicted octanol–water partition coefficient (Wildman–Crippen LogP) is 2.34. The van der Waals surface area contributed by atoms with E-state index < -0.39 is 9.84 Å². The smallest absolute Gasteiger partial charge is 0.275 e. The van der Waals surface area contributed by atoms with E-state index in [0.717, 1.165) is 36.8 Å². The van der Waals surface area contributed by atoms with Crippen LogP contribution in [0.25, 0.3) is 5.65 Å². The molecular formula is C22H26N4O4S. The summed E-state index contributed by atoms with van der Waals surface area (Å²) in [6.45, 7) is 4.21. The van der Waals surface area contributed by atoms with Crippen molar-refractivity contribution in [1.82, 2.24) is 19.5 Å². The van der Waals surface area contributed by atoms with Gasteiger partial charge in [0.15, 0.2) is 15.5 Å². The first-order valence-electron chi connectivity index (χ1n) is 10.3. The SMILES string of the molecule is Cc1nc2cc(C3CCCCN3C(=O)Cc3ccc(S(C)(=O)=O)cc3)[nH]n2c(=O)c1C. The molecule has 1 aliphatic heterocycles. The van der Waals surface area contributed by atoms with Gasteiger partial charge in [0.1, 0.15) is 0 Å². The zero-order chi connectivity index (χ0) is 22.3. The molecule has 1 N–H and O–H groups in total. The number of piperidine rings is 1. The van der Waals surface area contributed by atoms with Crippen LogP contribution < -0.4 is 5.56 Å². The Morgan fingerprint density at radius 1 is 1.19 bits per heavy atom. The van der Waals surface area contributed by atoms with Gasteiger partial charge < -0.3 is 4.90 Å². The summed E-state index contributed by atoms with van der Waals surface area (Å²) >= 11 is 0. The van der Waals surface area contributed by atoms with E-state index in [1.54, 1.807) is 19.1 Å². The van der Waals surface area contributed by atoms with Crippen LogP contribution in [0, 0.1) is 13.8 Å². The Labute approximate surface area is 180 Å². The topological polar surface area (TPSA) is 105 Å². The molecule has 0 saturated carbocycles. The zero-order valence-electron chi connectivity index (χ0n) is 17.9. The van der Waals surface area contributed by atoms with Crippen molar-refractivity contribution < 1.29 is 13.2 Å². The lowest BCUT2D eigenvalue weighted by molar-refractivity contribution is -0.134. The first kappa shape index (κ1) is 21.3. The van der Waals surface area contributed by atoms with Gasteiger partial charge >= 0.3 is 0 Å². The Hall–Kier alpha value is -2.94. The van der Waals surface area contributed by atoms with E-state index in [1.165, 1.54) is 16.6 Å². The molecule has 1 fully saturated rings. The van der Waals surface area contributed by atoms with Crippen LogP contribution in [0.5, 0.6) is 0 Å². The maximum Gasteiger partial charge on any atom is 0.275 e. The maximum absolute atomic E-state index is 13.1. The molecule has 0 radical (unpaired) electrons. The minimum Gasteiger partial charge on any atom is -0.334 e. The molecule has 1 aliphatic rings. The molecule has 0 spiro atoms. The molecule has 1 amide bonds. The first-order chi connectivity index (χ1) is 14.6. The number of aromatic nitrogens is 3. The number of carbonyl (C=O) groups is 1. The average Bonchev–Trinajstić information content (AvgIpc) is 3.16. The summed E-state index contributed by atoms with van der Waals surface area (Å²) in [5, 5.41) is 3.16. The Morgan fingerprint density at radius 2 is 1.90 bits per heavy atom. The van der Waals surface area contributed by atoms with E-state index in [0.29, 0.717) is 23.4 Å². The normalized spacial score (nSPS) is 17.3. The van der Waals surface area contributed by atoms with Crippen LogP contribution in [0.1, 0.15) is 47.8 Å². The van der Waals surface area contributed by atoms with E-state index in [2.05, 4.69) is 10.1 Å². The highest BCUT2D eigenvalue weighted by Gasteiger charge is 2.29. The van der Waals surface area contributed by atoms with Gasteiger partial charge in [0, 0.05) is 30.1 Å². The van der Waals surface area contributed by atoms with Gasteiger partial charge in [0.05, 0.1) is 23.1 Å². The standard InChI is InChI=1S/C22H26N4O4S/c1-14-15(2)23-20-13-18(24-26(20)22(14)28)19-6-4-5-11-25(19)21(27)12-16-7-9-17(10-8-16)31(3,29)30/h7-10,13,19,24H,4-6,11-12H2,1-3H3. The Bertz CT molecular complexity index is 1310. The summed E-state index contributed by atoms with van der Waals surface area (Å²) in [6, 6.07) is 8.14. The van der Waals surface area contributed by atoms with E-state index in [1.807, 2.05) is 17.9 Å². The third-order valence-corrected chi connectivity index (χ3v) is 7.12. The number of aromatic amines is 1. The Morgan fingerprint density at radius 3 is 2.58 bits per heavy atom. The van der Waals surface area contributed by atoms with Gasteiger partial charge in [0.25, 0.3) is 5.56 Å². The van der Waals surface area contributed by atoms with Gasteiger partial charge in [-0.25, -0.2) is 17.9 Å². The lowest BCUT2D eigenvalue weighted by Crippen LogP contribution is -2.39. The van der Waals surface area contributed by atoms with Crippen LogP contribution in [-0.4, -0.2) is 46.6 Å². The van der Waals surface area contributed by atoms with Gasteiger partial charge in [0.2, 0.25) is 5.91 Å². The number of nitrogens with zero attached hydrogens (tertiary/aromatic N) is 3. The highest BCUT2D eigenvalue weighted by atomic mass is 32.2. The van der Waals surface area contributed by atoms with E-state index in [-0.39, 0.29) is 28.8 Å². The molecular weight excluding hydrogens is 416 g/mol. The summed E-state index contributed by atoms with van der Waals surface area (Å²) < 4.78 is 24.7. The second-order valence-corrected chi connectivity index (χ2v) is 10.2. The quantitative estimate of drug-likeness (QED) is 0.668. The summed E-state index contributed by atoms with van der Waals surface area (Å²) in [5.74, 6) is -0.0249. The summed E-state index contributed by atoms with van der Waals surface area (Å²) in [6.07, 6.45) is 4.07. The number of sulfone groups is 1. The van der Waals surface area contributed by atoms with Gasteiger partial charge in [-0.3, -0.25) is 14.7 Å². The number of fused-ring (bicyclic) bond motifs is 1. The minimum absolute atomic E-state index is 0.0249. The monoisotopic (exact) mass is 442 g/mol. The fourth-order valence-electron chi connectivity index (χ4n) is 4.09. The van der Waals surface area contributed by atoms with Crippen molar-refractivity contribution in [1.29, 1.82) is 0 Å². The van der Waals surface area contributed by atoms with Crippen molar-refractivity contribution in [3.8, 4) is 0 Å². The lowest BCUT2D eigenvalue weighted by Gasteiger charge is -2.35. The fourth-order valence-corrected chi connectivity index (χ4v) is 4.72. The molecule has 8 nitrogen and oxygen atoms in total. The van der Waals surface area contributed by atoms with Crippen molar-refractivity contribution in [2.45, 2.75) is 50.5 Å². The van der Waals surface area contributed by atoms with Crippen LogP contribution in [0.15, 0.2) is 40.0 Å². The molecule has 3 aromatic rings. The number of carbonyl (C=O) groups excluding carboxylic acids is 1. The molecule has 4 rings (SSSR count). The van der Waals surface area contributed by atoms with Crippen LogP contribution in [0.3, 0.4) is 0 Å². The first-order valence-corrected chi connectivity index (χ1v) is 12.2. The van der Waals surface area contributed by atoms with E-state index >= 15 is 0 Å². The van der Waals surface area contributed by atoms with Crippen molar-refractivity contribution in [2.75, 3.05) is 12.8 Å². The number of hydrogen-bond donors (Lipinski definition) is 1. The van der Waals surface area contributed by atoms with Gasteiger partial charge in [-0.1, -0.05) is 12.1 Å². The second kappa shape index (κ2) is 7.96. The van der Waals surface area contributed by atoms with Gasteiger partial charge in [-0.05, 0) is 50.8 Å². The largest absolute Gasteiger partial charge is 0.334 e. The number of H-pyrrole nitrogens is 1. The Kier molecular flexibility index (Phi) is 5.47. The molecule has 164 valence electrons. The molecule has 1 atom stereocenters. The fraction of sp³-hybridized carbons (Fsp3) is 0.409. The number of hydrogen-bond acceptors (Lipinski definition) is 5. The second-order valence-electron chi connectivity index (χ2n) is 8.22. The molecule has 1 aromatic carbocycles. The van der Waals surface area contributed by atoms with Crippen molar-refractivity contribution in [2.24, 2.45) is 0 Å². The minimum atomic E-state index is -3.27. The number of rotatable bonds is 4. The highest BCUT2D eigenvalue weighted by molar-refractivity contribution is 7.90. The van der Waals surface area contributed by atoms with E-state index in [9.17, 15) is 18.0 Å². The van der Waals surface area contributed by atoms with Crippen LogP contribution in [0.4, 0.5) is 0 Å². The molecule has 1 unspecified atom stereocenters. The number of amides is 1. The molecule has 0 aliphatic carbocycles. The lowest BCUT2D eigenvalue weighted by atomic mass is 9.98. The third-order valence-electron chi connectivity index (χ3n) is 5.99. The molecule has 0 bridgehead atoms. The van der Waals surface area contributed by atoms with E-state index in [4.69, 9.17) is 0 Å². The maximum atomic E-state index is 13.1. The van der Waals surface area contributed by atoms with Gasteiger partial charge in [-0.15, -0.1) is 0 Å².